The number of nitrogens with one attached hydrogen (secondary N) is 1. The summed E-state index contributed by atoms with van der Waals surface area (Å²) in [6.07, 6.45) is -0.654. The maximum absolute atomic E-state index is 12.3. The topological polar surface area (TPSA) is 81.7 Å². The SMILES string of the molecule is CCOC(=O)Nc1cccc(OS(=O)(=O)c2cc(Cl)cc(Cl)c2)c1. The summed E-state index contributed by atoms with van der Waals surface area (Å²) < 4.78 is 34.4. The van der Waals surface area contributed by atoms with Gasteiger partial charge in [0.15, 0.2) is 0 Å². The molecule has 0 heterocycles. The Kier molecular flexibility index (Phi) is 5.93. The van der Waals surface area contributed by atoms with Crippen LogP contribution >= 0.6 is 23.2 Å². The van der Waals surface area contributed by atoms with E-state index in [0.717, 1.165) is 0 Å². The van der Waals surface area contributed by atoms with E-state index in [1.54, 1.807) is 13.0 Å². The van der Waals surface area contributed by atoms with Crippen LogP contribution in [0.5, 0.6) is 5.75 Å². The molecule has 24 heavy (non-hydrogen) atoms. The fourth-order valence-corrected chi connectivity index (χ4v) is 3.41. The van der Waals surface area contributed by atoms with Gasteiger partial charge in [-0.3, -0.25) is 5.32 Å². The molecule has 0 aromatic heterocycles. The van der Waals surface area contributed by atoms with E-state index in [2.05, 4.69) is 5.32 Å². The van der Waals surface area contributed by atoms with E-state index < -0.39 is 16.2 Å². The lowest BCUT2D eigenvalue weighted by Crippen LogP contribution is -2.14. The highest BCUT2D eigenvalue weighted by Crippen LogP contribution is 2.26. The third-order valence-corrected chi connectivity index (χ3v) is 4.35. The Balaban J connectivity index is 2.22. The van der Waals surface area contributed by atoms with Gasteiger partial charge in [0.05, 0.1) is 6.61 Å². The zero-order valence-electron chi connectivity index (χ0n) is 12.5. The summed E-state index contributed by atoms with van der Waals surface area (Å²) in [5.74, 6) is 0.0143. The number of ether oxygens (including phenoxy) is 1. The third-order valence-electron chi connectivity index (χ3n) is 2.69. The molecule has 9 heteroatoms. The van der Waals surface area contributed by atoms with Crippen LogP contribution in [0.2, 0.25) is 10.0 Å². The molecule has 0 atom stereocenters. The summed E-state index contributed by atoms with van der Waals surface area (Å²) >= 11 is 11.6. The number of rotatable bonds is 5. The molecule has 128 valence electrons. The molecule has 0 aliphatic heterocycles. The number of halogens is 2. The first-order chi connectivity index (χ1) is 11.3. The molecule has 0 saturated heterocycles. The van der Waals surface area contributed by atoms with E-state index in [1.165, 1.54) is 36.4 Å². The first-order valence-corrected chi connectivity index (χ1v) is 8.91. The van der Waals surface area contributed by atoms with Gasteiger partial charge in [0.2, 0.25) is 0 Å². The van der Waals surface area contributed by atoms with Crippen LogP contribution in [0.1, 0.15) is 6.92 Å². The fourth-order valence-electron chi connectivity index (χ4n) is 1.76. The average Bonchev–Trinajstić information content (AvgIpc) is 2.46. The van der Waals surface area contributed by atoms with E-state index in [4.69, 9.17) is 32.1 Å². The van der Waals surface area contributed by atoms with Gasteiger partial charge in [-0.05, 0) is 37.3 Å². The minimum absolute atomic E-state index is 0.0143. The van der Waals surface area contributed by atoms with Gasteiger partial charge < -0.3 is 8.92 Å². The van der Waals surface area contributed by atoms with E-state index in [9.17, 15) is 13.2 Å². The molecule has 2 rings (SSSR count). The Bertz CT molecular complexity index is 834. The first-order valence-electron chi connectivity index (χ1n) is 6.74. The molecule has 2 aromatic carbocycles. The standard InChI is InChI=1S/C15H13Cl2NO5S/c1-2-22-15(19)18-12-4-3-5-13(9-12)23-24(20,21)14-7-10(16)6-11(17)8-14/h3-9H,2H2,1H3,(H,18,19). The van der Waals surface area contributed by atoms with Crippen LogP contribution < -0.4 is 9.50 Å². The van der Waals surface area contributed by atoms with Crippen LogP contribution in [0.4, 0.5) is 10.5 Å². The number of carbonyl (C=O) groups is 1. The van der Waals surface area contributed by atoms with Crippen molar-refractivity contribution in [2.24, 2.45) is 0 Å². The molecule has 0 bridgehead atoms. The Hall–Kier alpha value is -1.96. The lowest BCUT2D eigenvalue weighted by molar-refractivity contribution is 0.168. The van der Waals surface area contributed by atoms with Crippen LogP contribution in [0, 0.1) is 0 Å². The second kappa shape index (κ2) is 7.74. The van der Waals surface area contributed by atoms with Gasteiger partial charge in [-0.15, -0.1) is 0 Å². The molecule has 0 saturated carbocycles. The van der Waals surface area contributed by atoms with Crippen LogP contribution in [-0.2, 0) is 14.9 Å². The number of benzene rings is 2. The van der Waals surface area contributed by atoms with Crippen molar-refractivity contribution >= 4 is 45.1 Å². The maximum Gasteiger partial charge on any atom is 0.411 e. The van der Waals surface area contributed by atoms with Crippen molar-refractivity contribution in [1.29, 1.82) is 0 Å². The van der Waals surface area contributed by atoms with Gasteiger partial charge in [-0.2, -0.15) is 8.42 Å². The number of carbonyl (C=O) groups excluding carboxylic acids is 1. The van der Waals surface area contributed by atoms with Crippen molar-refractivity contribution in [3.05, 3.63) is 52.5 Å². The molecule has 0 aliphatic rings. The Labute approximate surface area is 149 Å². The van der Waals surface area contributed by atoms with Crippen molar-refractivity contribution in [3.63, 3.8) is 0 Å². The molecule has 6 nitrogen and oxygen atoms in total. The third kappa shape index (κ3) is 5.02. The quantitative estimate of drug-likeness (QED) is 0.769. The minimum atomic E-state index is -4.13. The number of amides is 1. The highest BCUT2D eigenvalue weighted by Gasteiger charge is 2.18. The average molecular weight is 390 g/mol. The highest BCUT2D eigenvalue weighted by atomic mass is 35.5. The van der Waals surface area contributed by atoms with Gasteiger partial charge >= 0.3 is 16.2 Å². The van der Waals surface area contributed by atoms with Crippen molar-refractivity contribution in [3.8, 4) is 5.75 Å². The predicted octanol–water partition coefficient (Wildman–Crippen LogP) is 4.33. The van der Waals surface area contributed by atoms with Gasteiger partial charge in [0, 0.05) is 21.8 Å². The summed E-state index contributed by atoms with van der Waals surface area (Å²) in [7, 11) is -4.13. The van der Waals surface area contributed by atoms with E-state index in [0.29, 0.717) is 5.69 Å². The first kappa shape index (κ1) is 18.4. The van der Waals surface area contributed by atoms with Crippen molar-refractivity contribution in [2.75, 3.05) is 11.9 Å². The van der Waals surface area contributed by atoms with Crippen LogP contribution in [-0.4, -0.2) is 21.1 Å². The molecule has 0 aliphatic carbocycles. The summed E-state index contributed by atoms with van der Waals surface area (Å²) in [5.41, 5.74) is 0.324. The van der Waals surface area contributed by atoms with Crippen molar-refractivity contribution in [2.45, 2.75) is 11.8 Å². The minimum Gasteiger partial charge on any atom is -0.450 e. The molecule has 1 amide bonds. The normalized spacial score (nSPS) is 11.0. The lowest BCUT2D eigenvalue weighted by atomic mass is 10.3. The molecule has 0 spiro atoms. The van der Waals surface area contributed by atoms with Gasteiger partial charge in [0.1, 0.15) is 10.6 Å². The van der Waals surface area contributed by atoms with Gasteiger partial charge in [-0.1, -0.05) is 29.3 Å². The maximum atomic E-state index is 12.3. The Morgan fingerprint density at radius 2 is 1.79 bits per heavy atom. The zero-order valence-corrected chi connectivity index (χ0v) is 14.8. The second-order valence-corrected chi connectivity index (χ2v) is 6.94. The van der Waals surface area contributed by atoms with Crippen molar-refractivity contribution < 1.29 is 22.1 Å². The molecular formula is C15H13Cl2NO5S. The van der Waals surface area contributed by atoms with Crippen molar-refractivity contribution in [1.82, 2.24) is 0 Å². The molecular weight excluding hydrogens is 377 g/mol. The summed E-state index contributed by atoms with van der Waals surface area (Å²) in [6, 6.07) is 9.73. The predicted molar refractivity (Wildman–Crippen MR) is 91.4 cm³/mol. The molecule has 0 unspecified atom stereocenters. The zero-order chi connectivity index (χ0) is 17.7. The molecule has 1 N–H and O–H groups in total. The van der Waals surface area contributed by atoms with E-state index >= 15 is 0 Å². The molecule has 2 aromatic rings. The molecule has 0 fully saturated rings. The van der Waals surface area contributed by atoms with Gasteiger partial charge in [0.25, 0.3) is 0 Å². The Morgan fingerprint density at radius 3 is 2.42 bits per heavy atom. The van der Waals surface area contributed by atoms with Crippen LogP contribution in [0.15, 0.2) is 47.4 Å². The smallest absolute Gasteiger partial charge is 0.411 e. The van der Waals surface area contributed by atoms with Gasteiger partial charge in [-0.25, -0.2) is 4.79 Å². The fraction of sp³-hybridized carbons (Fsp3) is 0.133. The highest BCUT2D eigenvalue weighted by molar-refractivity contribution is 7.87. The second-order valence-electron chi connectivity index (χ2n) is 4.52. The van der Waals surface area contributed by atoms with E-state index in [-0.39, 0.29) is 27.3 Å². The van der Waals surface area contributed by atoms with E-state index in [1.807, 2.05) is 0 Å². The number of hydrogen-bond donors (Lipinski definition) is 1. The summed E-state index contributed by atoms with van der Waals surface area (Å²) in [5, 5.41) is 2.79. The monoisotopic (exact) mass is 389 g/mol. The lowest BCUT2D eigenvalue weighted by Gasteiger charge is -2.10. The Morgan fingerprint density at radius 1 is 1.12 bits per heavy atom. The number of anilines is 1. The molecule has 0 radical (unpaired) electrons. The largest absolute Gasteiger partial charge is 0.450 e. The van der Waals surface area contributed by atoms with Crippen LogP contribution in [0.3, 0.4) is 0 Å². The summed E-state index contributed by atoms with van der Waals surface area (Å²) in [4.78, 5) is 11.2. The van der Waals surface area contributed by atoms with Crippen LogP contribution in [0.25, 0.3) is 0 Å². The summed E-state index contributed by atoms with van der Waals surface area (Å²) in [6.45, 7) is 1.88. The number of hydrogen-bond acceptors (Lipinski definition) is 5.